The molecule has 0 radical (unpaired) electrons. The van der Waals surface area contributed by atoms with Crippen LogP contribution in [0.5, 0.6) is 0 Å². The van der Waals surface area contributed by atoms with Gasteiger partial charge in [-0.05, 0) is 17.7 Å². The van der Waals surface area contributed by atoms with E-state index in [0.29, 0.717) is 11.3 Å². The number of benzene rings is 2. The smallest absolute Gasteiger partial charge is 0.269 e. The fourth-order valence-electron chi connectivity index (χ4n) is 1.70. The second kappa shape index (κ2) is 5.70. The van der Waals surface area contributed by atoms with E-state index >= 15 is 0 Å². The van der Waals surface area contributed by atoms with Crippen molar-refractivity contribution >= 4 is 21.4 Å². The minimum absolute atomic E-state index is 0.127. The van der Waals surface area contributed by atoms with E-state index in [4.69, 9.17) is 0 Å². The van der Waals surface area contributed by atoms with Gasteiger partial charge in [-0.15, -0.1) is 0 Å². The molecule has 0 aliphatic rings. The lowest BCUT2D eigenvalue weighted by molar-refractivity contribution is -0.384. The van der Waals surface area contributed by atoms with Gasteiger partial charge in [-0.1, -0.05) is 30.3 Å². The van der Waals surface area contributed by atoms with Gasteiger partial charge >= 0.3 is 0 Å². The number of nitrogens with one attached hydrogen (secondary N) is 1. The molecule has 0 spiro atoms. The monoisotopic (exact) mass is 292 g/mol. The average molecular weight is 292 g/mol. The van der Waals surface area contributed by atoms with E-state index in [1.54, 1.807) is 30.3 Å². The molecule has 2 rings (SSSR count). The molecule has 2 aromatic carbocycles. The lowest BCUT2D eigenvalue weighted by Crippen LogP contribution is -2.15. The zero-order chi connectivity index (χ0) is 14.6. The van der Waals surface area contributed by atoms with Crippen molar-refractivity contribution in [1.29, 1.82) is 0 Å². The first-order chi connectivity index (χ1) is 9.46. The zero-order valence-electron chi connectivity index (χ0n) is 10.4. The van der Waals surface area contributed by atoms with Gasteiger partial charge in [0.1, 0.15) is 0 Å². The van der Waals surface area contributed by atoms with Crippen molar-refractivity contribution in [2.24, 2.45) is 0 Å². The van der Waals surface area contributed by atoms with Crippen molar-refractivity contribution < 1.29 is 13.3 Å². The van der Waals surface area contributed by atoms with Gasteiger partial charge in [0.05, 0.1) is 10.7 Å². The van der Waals surface area contributed by atoms with Gasteiger partial charge in [0.2, 0.25) is 10.0 Å². The third-order valence-electron chi connectivity index (χ3n) is 2.53. The molecule has 0 saturated heterocycles. The molecule has 104 valence electrons. The minimum atomic E-state index is -3.60. The Hall–Kier alpha value is -2.41. The number of nitrogens with zero attached hydrogens (tertiary/aromatic N) is 1. The zero-order valence-corrected chi connectivity index (χ0v) is 11.2. The van der Waals surface area contributed by atoms with Gasteiger partial charge in [-0.25, -0.2) is 8.42 Å². The number of sulfonamides is 1. The molecule has 0 atom stereocenters. The summed E-state index contributed by atoms with van der Waals surface area (Å²) in [5.74, 6) is -0.316. The van der Waals surface area contributed by atoms with Crippen LogP contribution in [0, 0.1) is 10.1 Å². The molecule has 0 heterocycles. The summed E-state index contributed by atoms with van der Waals surface area (Å²) in [6.07, 6.45) is 0. The van der Waals surface area contributed by atoms with Crippen molar-refractivity contribution in [1.82, 2.24) is 0 Å². The van der Waals surface area contributed by atoms with Crippen LogP contribution in [-0.4, -0.2) is 13.3 Å². The Morgan fingerprint density at radius 1 is 1.05 bits per heavy atom. The summed E-state index contributed by atoms with van der Waals surface area (Å²) in [5, 5.41) is 10.7. The minimum Gasteiger partial charge on any atom is -0.283 e. The molecule has 7 heteroatoms. The van der Waals surface area contributed by atoms with E-state index < -0.39 is 14.9 Å². The highest BCUT2D eigenvalue weighted by Crippen LogP contribution is 2.17. The second-order valence-corrected chi connectivity index (χ2v) is 5.88. The van der Waals surface area contributed by atoms with Crippen molar-refractivity contribution in [3.8, 4) is 0 Å². The standard InChI is InChI=1S/C13H12N2O4S/c16-15(17)13-8-4-5-11(9-13)10-20(18,19)14-12-6-2-1-3-7-12/h1-9,14H,10H2. The molecule has 0 aliphatic heterocycles. The van der Waals surface area contributed by atoms with Gasteiger partial charge in [-0.2, -0.15) is 0 Å². The van der Waals surface area contributed by atoms with Crippen LogP contribution in [0.2, 0.25) is 0 Å². The normalized spacial score (nSPS) is 11.0. The molecular weight excluding hydrogens is 280 g/mol. The summed E-state index contributed by atoms with van der Waals surface area (Å²) in [6, 6.07) is 14.0. The third-order valence-corrected chi connectivity index (χ3v) is 3.79. The van der Waals surface area contributed by atoms with Crippen LogP contribution in [0.25, 0.3) is 0 Å². The molecule has 0 fully saturated rings. The Morgan fingerprint density at radius 2 is 1.75 bits per heavy atom. The molecule has 6 nitrogen and oxygen atoms in total. The first-order valence-corrected chi connectivity index (χ1v) is 7.40. The third kappa shape index (κ3) is 3.79. The first kappa shape index (κ1) is 14.0. The van der Waals surface area contributed by atoms with Crippen molar-refractivity contribution in [2.75, 3.05) is 4.72 Å². The number of para-hydroxylation sites is 1. The van der Waals surface area contributed by atoms with Crippen molar-refractivity contribution in [2.45, 2.75) is 5.75 Å². The van der Waals surface area contributed by atoms with E-state index in [0.717, 1.165) is 0 Å². The molecular formula is C13H12N2O4S. The van der Waals surface area contributed by atoms with Crippen LogP contribution in [0.1, 0.15) is 5.56 Å². The van der Waals surface area contributed by atoms with Gasteiger partial charge in [0, 0.05) is 17.8 Å². The Morgan fingerprint density at radius 3 is 2.40 bits per heavy atom. The van der Waals surface area contributed by atoms with Crippen LogP contribution in [0.15, 0.2) is 54.6 Å². The van der Waals surface area contributed by atoms with Gasteiger partial charge < -0.3 is 0 Å². The Kier molecular flexibility index (Phi) is 3.99. The maximum atomic E-state index is 12.0. The fourth-order valence-corrected chi connectivity index (χ4v) is 2.89. The van der Waals surface area contributed by atoms with Crippen LogP contribution in [-0.2, 0) is 15.8 Å². The number of non-ortho nitro benzene ring substituents is 1. The highest BCUT2D eigenvalue weighted by atomic mass is 32.2. The molecule has 0 aliphatic carbocycles. The van der Waals surface area contributed by atoms with Crippen LogP contribution >= 0.6 is 0 Å². The number of nitro benzene ring substituents is 1. The topological polar surface area (TPSA) is 89.3 Å². The summed E-state index contributed by atoms with van der Waals surface area (Å²) in [4.78, 5) is 10.1. The van der Waals surface area contributed by atoms with Crippen LogP contribution in [0.3, 0.4) is 0 Å². The molecule has 20 heavy (non-hydrogen) atoms. The van der Waals surface area contributed by atoms with E-state index in [-0.39, 0.29) is 11.4 Å². The Bertz CT molecular complexity index is 714. The molecule has 1 N–H and O–H groups in total. The molecule has 0 unspecified atom stereocenters. The average Bonchev–Trinajstić information content (AvgIpc) is 2.39. The molecule has 2 aromatic rings. The van der Waals surface area contributed by atoms with Crippen LogP contribution < -0.4 is 4.72 Å². The summed E-state index contributed by atoms with van der Waals surface area (Å²) in [7, 11) is -3.60. The highest BCUT2D eigenvalue weighted by Gasteiger charge is 2.14. The predicted octanol–water partition coefficient (Wildman–Crippen LogP) is 2.54. The summed E-state index contributed by atoms with van der Waals surface area (Å²) in [5.41, 5.74) is 0.693. The van der Waals surface area contributed by atoms with Gasteiger partial charge in [0.25, 0.3) is 5.69 Å². The lowest BCUT2D eigenvalue weighted by Gasteiger charge is -2.07. The van der Waals surface area contributed by atoms with Gasteiger partial charge in [0.15, 0.2) is 0 Å². The number of hydrogen-bond acceptors (Lipinski definition) is 4. The van der Waals surface area contributed by atoms with E-state index in [9.17, 15) is 18.5 Å². The highest BCUT2D eigenvalue weighted by molar-refractivity contribution is 7.91. The predicted molar refractivity (Wildman–Crippen MR) is 75.8 cm³/mol. The molecule has 0 saturated carbocycles. The second-order valence-electron chi connectivity index (χ2n) is 4.15. The number of nitro groups is 1. The number of hydrogen-bond donors (Lipinski definition) is 1. The Labute approximate surface area is 116 Å². The van der Waals surface area contributed by atoms with Crippen molar-refractivity contribution in [3.05, 3.63) is 70.3 Å². The largest absolute Gasteiger partial charge is 0.283 e. The maximum absolute atomic E-state index is 12.0. The summed E-state index contributed by atoms with van der Waals surface area (Å²) in [6.45, 7) is 0. The van der Waals surface area contributed by atoms with Crippen LogP contribution in [0.4, 0.5) is 11.4 Å². The van der Waals surface area contributed by atoms with Gasteiger partial charge in [-0.3, -0.25) is 14.8 Å². The summed E-state index contributed by atoms with van der Waals surface area (Å²) < 4.78 is 26.4. The van der Waals surface area contributed by atoms with E-state index in [1.807, 2.05) is 0 Å². The van der Waals surface area contributed by atoms with E-state index in [1.165, 1.54) is 24.3 Å². The molecule has 0 amide bonds. The molecule has 0 bridgehead atoms. The molecule has 0 aromatic heterocycles. The maximum Gasteiger partial charge on any atom is 0.269 e. The van der Waals surface area contributed by atoms with Crippen molar-refractivity contribution in [3.63, 3.8) is 0 Å². The number of rotatable bonds is 5. The number of anilines is 1. The van der Waals surface area contributed by atoms with E-state index in [2.05, 4.69) is 4.72 Å². The first-order valence-electron chi connectivity index (χ1n) is 5.75. The lowest BCUT2D eigenvalue weighted by atomic mass is 10.2. The SMILES string of the molecule is O=[N+]([O-])c1cccc(CS(=O)(=O)Nc2ccccc2)c1. The Balaban J connectivity index is 2.16. The summed E-state index contributed by atoms with van der Waals surface area (Å²) >= 11 is 0. The quantitative estimate of drug-likeness (QED) is 0.677. The fraction of sp³-hybridized carbons (Fsp3) is 0.0769.